The van der Waals surface area contributed by atoms with Crippen molar-refractivity contribution in [1.82, 2.24) is 9.78 Å². The summed E-state index contributed by atoms with van der Waals surface area (Å²) in [6.07, 6.45) is 0.373. The molecule has 1 aromatic heterocycles. The first-order valence-corrected chi connectivity index (χ1v) is 4.96. The molecular formula is C12H12N4. The van der Waals surface area contributed by atoms with Crippen LogP contribution in [0.4, 0.5) is 5.69 Å². The lowest BCUT2D eigenvalue weighted by Crippen LogP contribution is -1.96. The SMILES string of the molecule is Cn1nc(-c2ccc(N)cc2)cc1CC#N. The number of rotatable bonds is 2. The van der Waals surface area contributed by atoms with E-state index < -0.39 is 0 Å². The van der Waals surface area contributed by atoms with Gasteiger partial charge in [0.15, 0.2) is 0 Å². The number of hydrogen-bond acceptors (Lipinski definition) is 3. The second-order valence-corrected chi connectivity index (χ2v) is 3.60. The van der Waals surface area contributed by atoms with Gasteiger partial charge in [-0.05, 0) is 18.2 Å². The zero-order valence-corrected chi connectivity index (χ0v) is 9.01. The van der Waals surface area contributed by atoms with Crippen LogP contribution in [0.5, 0.6) is 0 Å². The molecule has 0 saturated carbocycles. The first-order valence-electron chi connectivity index (χ1n) is 4.96. The van der Waals surface area contributed by atoms with Gasteiger partial charge in [0, 0.05) is 18.3 Å². The van der Waals surface area contributed by atoms with Crippen LogP contribution in [0, 0.1) is 11.3 Å². The number of aryl methyl sites for hydroxylation is 1. The van der Waals surface area contributed by atoms with Crippen LogP contribution in [0.3, 0.4) is 0 Å². The first-order chi connectivity index (χ1) is 7.70. The van der Waals surface area contributed by atoms with Gasteiger partial charge in [0.05, 0.1) is 23.9 Å². The van der Waals surface area contributed by atoms with E-state index in [0.717, 1.165) is 22.6 Å². The van der Waals surface area contributed by atoms with Gasteiger partial charge in [0.25, 0.3) is 0 Å². The molecule has 0 amide bonds. The number of nitrogens with two attached hydrogens (primary N) is 1. The molecule has 0 atom stereocenters. The van der Waals surface area contributed by atoms with Crippen LogP contribution in [-0.2, 0) is 13.5 Å². The maximum atomic E-state index is 8.65. The molecule has 2 N–H and O–H groups in total. The molecule has 2 rings (SSSR count). The topological polar surface area (TPSA) is 67.6 Å². The minimum absolute atomic E-state index is 0.373. The molecular weight excluding hydrogens is 200 g/mol. The highest BCUT2D eigenvalue weighted by Gasteiger charge is 2.06. The Morgan fingerprint density at radius 3 is 2.69 bits per heavy atom. The Kier molecular flexibility index (Phi) is 2.61. The molecule has 1 aromatic carbocycles. The Morgan fingerprint density at radius 1 is 1.38 bits per heavy atom. The predicted molar refractivity (Wildman–Crippen MR) is 62.4 cm³/mol. The number of anilines is 1. The van der Waals surface area contributed by atoms with Crippen molar-refractivity contribution in [3.8, 4) is 17.3 Å². The van der Waals surface area contributed by atoms with E-state index in [2.05, 4.69) is 11.2 Å². The highest BCUT2D eigenvalue weighted by molar-refractivity contribution is 5.62. The van der Waals surface area contributed by atoms with Crippen LogP contribution in [0.25, 0.3) is 11.3 Å². The van der Waals surface area contributed by atoms with Crippen LogP contribution in [0.2, 0.25) is 0 Å². The highest BCUT2D eigenvalue weighted by Crippen LogP contribution is 2.20. The van der Waals surface area contributed by atoms with E-state index >= 15 is 0 Å². The fourth-order valence-electron chi connectivity index (χ4n) is 1.55. The molecule has 0 aliphatic carbocycles. The number of aromatic nitrogens is 2. The summed E-state index contributed by atoms with van der Waals surface area (Å²) in [4.78, 5) is 0. The molecule has 80 valence electrons. The van der Waals surface area contributed by atoms with Crippen molar-refractivity contribution in [1.29, 1.82) is 5.26 Å². The van der Waals surface area contributed by atoms with Gasteiger partial charge in [-0.2, -0.15) is 10.4 Å². The third-order valence-electron chi connectivity index (χ3n) is 2.44. The van der Waals surface area contributed by atoms with E-state index in [0.29, 0.717) is 6.42 Å². The standard InChI is InChI=1S/C12H12N4/c1-16-11(6-7-13)8-12(15-16)9-2-4-10(14)5-3-9/h2-5,8H,6,14H2,1H3. The Labute approximate surface area is 93.9 Å². The molecule has 4 heteroatoms. The smallest absolute Gasteiger partial charge is 0.0926 e. The van der Waals surface area contributed by atoms with Gasteiger partial charge in [0.1, 0.15) is 0 Å². The van der Waals surface area contributed by atoms with Gasteiger partial charge in [0.2, 0.25) is 0 Å². The van der Waals surface area contributed by atoms with E-state index in [1.54, 1.807) is 4.68 Å². The Balaban J connectivity index is 2.38. The summed E-state index contributed by atoms with van der Waals surface area (Å²) in [5.74, 6) is 0. The van der Waals surface area contributed by atoms with Crippen molar-refractivity contribution >= 4 is 5.69 Å². The molecule has 1 heterocycles. The van der Waals surface area contributed by atoms with Crippen molar-refractivity contribution in [3.05, 3.63) is 36.0 Å². The van der Waals surface area contributed by atoms with E-state index in [1.165, 1.54) is 0 Å². The van der Waals surface area contributed by atoms with Crippen LogP contribution >= 0.6 is 0 Å². The fraction of sp³-hybridized carbons (Fsp3) is 0.167. The van der Waals surface area contributed by atoms with E-state index in [9.17, 15) is 0 Å². The summed E-state index contributed by atoms with van der Waals surface area (Å²) in [7, 11) is 1.84. The molecule has 16 heavy (non-hydrogen) atoms. The molecule has 0 aliphatic heterocycles. The van der Waals surface area contributed by atoms with E-state index in [4.69, 9.17) is 11.0 Å². The van der Waals surface area contributed by atoms with E-state index in [-0.39, 0.29) is 0 Å². The third kappa shape index (κ3) is 1.89. The molecule has 4 nitrogen and oxygen atoms in total. The Morgan fingerprint density at radius 2 is 2.06 bits per heavy atom. The number of hydrogen-bond donors (Lipinski definition) is 1. The van der Waals surface area contributed by atoms with Crippen LogP contribution in [0.15, 0.2) is 30.3 Å². The minimum atomic E-state index is 0.373. The highest BCUT2D eigenvalue weighted by atomic mass is 15.3. The van der Waals surface area contributed by atoms with Crippen molar-refractivity contribution in [3.63, 3.8) is 0 Å². The number of nitrogens with zero attached hydrogens (tertiary/aromatic N) is 3. The van der Waals surface area contributed by atoms with Gasteiger partial charge in [-0.3, -0.25) is 4.68 Å². The summed E-state index contributed by atoms with van der Waals surface area (Å²) in [5, 5.41) is 13.0. The Bertz CT molecular complexity index is 531. The zero-order chi connectivity index (χ0) is 11.5. The maximum absolute atomic E-state index is 8.65. The monoisotopic (exact) mass is 212 g/mol. The second kappa shape index (κ2) is 4.07. The van der Waals surface area contributed by atoms with Gasteiger partial charge < -0.3 is 5.73 Å². The average Bonchev–Trinajstić information content (AvgIpc) is 2.62. The van der Waals surface area contributed by atoms with Gasteiger partial charge in [-0.1, -0.05) is 12.1 Å². The molecule has 0 spiro atoms. The summed E-state index contributed by atoms with van der Waals surface area (Å²) in [6, 6.07) is 11.6. The summed E-state index contributed by atoms with van der Waals surface area (Å²) >= 11 is 0. The number of nitriles is 1. The predicted octanol–water partition coefficient (Wildman–Crippen LogP) is 1.74. The summed E-state index contributed by atoms with van der Waals surface area (Å²) in [5.41, 5.74) is 9.14. The molecule has 0 radical (unpaired) electrons. The second-order valence-electron chi connectivity index (χ2n) is 3.60. The fourth-order valence-corrected chi connectivity index (χ4v) is 1.55. The largest absolute Gasteiger partial charge is 0.399 e. The lowest BCUT2D eigenvalue weighted by Gasteiger charge is -1.96. The summed E-state index contributed by atoms with van der Waals surface area (Å²) < 4.78 is 1.73. The van der Waals surface area contributed by atoms with Crippen molar-refractivity contribution in [2.75, 3.05) is 5.73 Å². The lowest BCUT2D eigenvalue weighted by atomic mass is 10.1. The van der Waals surface area contributed by atoms with Crippen molar-refractivity contribution in [2.45, 2.75) is 6.42 Å². The average molecular weight is 212 g/mol. The third-order valence-corrected chi connectivity index (χ3v) is 2.44. The van der Waals surface area contributed by atoms with Crippen LogP contribution < -0.4 is 5.73 Å². The van der Waals surface area contributed by atoms with Crippen molar-refractivity contribution < 1.29 is 0 Å². The van der Waals surface area contributed by atoms with Gasteiger partial charge >= 0.3 is 0 Å². The molecule has 2 aromatic rings. The molecule has 0 saturated heterocycles. The number of nitrogen functional groups attached to an aromatic ring is 1. The number of benzene rings is 1. The lowest BCUT2D eigenvalue weighted by molar-refractivity contribution is 0.731. The maximum Gasteiger partial charge on any atom is 0.0926 e. The van der Waals surface area contributed by atoms with Crippen molar-refractivity contribution in [2.24, 2.45) is 7.05 Å². The normalized spacial score (nSPS) is 10.0. The summed E-state index contributed by atoms with van der Waals surface area (Å²) in [6.45, 7) is 0. The van der Waals surface area contributed by atoms with Gasteiger partial charge in [-0.15, -0.1) is 0 Å². The zero-order valence-electron chi connectivity index (χ0n) is 9.01. The van der Waals surface area contributed by atoms with Crippen LogP contribution in [0.1, 0.15) is 5.69 Å². The minimum Gasteiger partial charge on any atom is -0.399 e. The Hall–Kier alpha value is -2.28. The van der Waals surface area contributed by atoms with E-state index in [1.807, 2.05) is 37.4 Å². The molecule has 0 aliphatic rings. The molecule has 0 bridgehead atoms. The molecule has 0 unspecified atom stereocenters. The van der Waals surface area contributed by atoms with Crippen LogP contribution in [-0.4, -0.2) is 9.78 Å². The van der Waals surface area contributed by atoms with Gasteiger partial charge in [-0.25, -0.2) is 0 Å². The quantitative estimate of drug-likeness (QED) is 0.771. The first kappa shape index (κ1) is 10.2. The molecule has 0 fully saturated rings.